The monoisotopic (exact) mass is 545 g/mol. The number of likely N-dealkylation sites (tertiary alicyclic amines) is 1. The average Bonchev–Trinajstić information content (AvgIpc) is 3.65. The van der Waals surface area contributed by atoms with Crippen molar-refractivity contribution in [1.29, 1.82) is 0 Å². The topological polar surface area (TPSA) is 105 Å². The summed E-state index contributed by atoms with van der Waals surface area (Å²) in [6, 6.07) is 11.9. The summed E-state index contributed by atoms with van der Waals surface area (Å²) >= 11 is 0. The third kappa shape index (κ3) is 5.52. The predicted octanol–water partition coefficient (Wildman–Crippen LogP) is 3.27. The Morgan fingerprint density at radius 3 is 2.65 bits per heavy atom. The molecule has 6 rings (SSSR count). The highest BCUT2D eigenvalue weighted by Crippen LogP contribution is 2.27. The minimum Gasteiger partial charge on any atom is -0.450 e. The van der Waals surface area contributed by atoms with Gasteiger partial charge in [-0.15, -0.1) is 5.10 Å². The maximum atomic E-state index is 13.1. The Balaban J connectivity index is 1.10. The lowest BCUT2D eigenvalue weighted by molar-refractivity contribution is 0.0185. The molecular weight excluding hydrogens is 510 g/mol. The molecule has 2 saturated heterocycles. The van der Waals surface area contributed by atoms with Crippen molar-refractivity contribution in [3.8, 4) is 0 Å². The molecule has 1 aromatic carbocycles. The van der Waals surface area contributed by atoms with Crippen LogP contribution in [0.2, 0.25) is 0 Å². The number of anilines is 2. The number of hydrogen-bond donors (Lipinski definition) is 1. The van der Waals surface area contributed by atoms with Crippen molar-refractivity contribution in [1.82, 2.24) is 29.3 Å². The SMILES string of the molecule is CCOC(=O)N1CC=C(c2cccn3nc(Nc4ccc(C(=O)N5CCC(N6CCOCC6)C5)cc4)nc23)CC1. The highest BCUT2D eigenvalue weighted by atomic mass is 16.6. The van der Waals surface area contributed by atoms with Crippen LogP contribution in [0.3, 0.4) is 0 Å². The van der Waals surface area contributed by atoms with Crippen LogP contribution in [0.5, 0.6) is 0 Å². The number of carbonyl (C=O) groups is 2. The van der Waals surface area contributed by atoms with E-state index in [-0.39, 0.29) is 12.0 Å². The van der Waals surface area contributed by atoms with Crippen LogP contribution < -0.4 is 5.32 Å². The molecule has 40 heavy (non-hydrogen) atoms. The molecule has 0 aliphatic carbocycles. The second-order valence-corrected chi connectivity index (χ2v) is 10.3. The fourth-order valence-corrected chi connectivity index (χ4v) is 5.68. The molecule has 1 atom stereocenters. The van der Waals surface area contributed by atoms with Gasteiger partial charge in [0.25, 0.3) is 5.91 Å². The van der Waals surface area contributed by atoms with Crippen molar-refractivity contribution in [3.63, 3.8) is 0 Å². The molecular formula is C29H35N7O4. The summed E-state index contributed by atoms with van der Waals surface area (Å²) < 4.78 is 12.3. The first-order valence-corrected chi connectivity index (χ1v) is 14.0. The maximum absolute atomic E-state index is 13.1. The quantitative estimate of drug-likeness (QED) is 0.504. The van der Waals surface area contributed by atoms with Crippen LogP contribution in [0.15, 0.2) is 48.7 Å². The first-order chi connectivity index (χ1) is 19.6. The lowest BCUT2D eigenvalue weighted by Gasteiger charge is -2.32. The van der Waals surface area contributed by atoms with Gasteiger partial charge >= 0.3 is 6.09 Å². The van der Waals surface area contributed by atoms with E-state index >= 15 is 0 Å². The van der Waals surface area contributed by atoms with E-state index < -0.39 is 0 Å². The minimum absolute atomic E-state index is 0.0695. The van der Waals surface area contributed by atoms with Gasteiger partial charge in [-0.25, -0.2) is 9.31 Å². The summed E-state index contributed by atoms with van der Waals surface area (Å²) in [5.74, 6) is 0.545. The summed E-state index contributed by atoms with van der Waals surface area (Å²) in [4.78, 5) is 36.0. The molecule has 210 valence electrons. The summed E-state index contributed by atoms with van der Waals surface area (Å²) in [5, 5.41) is 7.87. The number of pyridine rings is 1. The smallest absolute Gasteiger partial charge is 0.410 e. The molecule has 0 saturated carbocycles. The Morgan fingerprint density at radius 1 is 1.07 bits per heavy atom. The van der Waals surface area contributed by atoms with Crippen molar-refractivity contribution in [2.24, 2.45) is 0 Å². The number of benzene rings is 1. The standard InChI is InChI=1S/C29H35N7O4/c1-2-40-29(38)34-13-9-21(10-14-34)25-4-3-12-36-26(25)31-28(32-36)30-23-7-5-22(6-8-23)27(37)35-15-11-24(20-35)33-16-18-39-19-17-33/h3-9,12,24H,2,10-11,13-20H2,1H3,(H,30,32). The van der Waals surface area contributed by atoms with E-state index in [0.717, 1.165) is 68.3 Å². The third-order valence-electron chi connectivity index (χ3n) is 7.84. The molecule has 3 aliphatic rings. The second kappa shape index (κ2) is 11.6. The average molecular weight is 546 g/mol. The van der Waals surface area contributed by atoms with Crippen molar-refractivity contribution in [3.05, 3.63) is 59.8 Å². The zero-order valence-electron chi connectivity index (χ0n) is 22.8. The van der Waals surface area contributed by atoms with Crippen LogP contribution in [0.4, 0.5) is 16.4 Å². The summed E-state index contributed by atoms with van der Waals surface area (Å²) in [7, 11) is 0. The zero-order chi connectivity index (χ0) is 27.5. The van der Waals surface area contributed by atoms with Gasteiger partial charge in [-0.1, -0.05) is 6.08 Å². The van der Waals surface area contributed by atoms with Gasteiger partial charge in [0.1, 0.15) is 0 Å². The Labute approximate surface area is 233 Å². The van der Waals surface area contributed by atoms with Gasteiger partial charge in [0.05, 0.1) is 19.8 Å². The Morgan fingerprint density at radius 2 is 1.90 bits per heavy atom. The second-order valence-electron chi connectivity index (χ2n) is 10.3. The molecule has 2 amide bonds. The van der Waals surface area contributed by atoms with Gasteiger partial charge in [0, 0.05) is 68.3 Å². The number of amides is 2. The Kier molecular flexibility index (Phi) is 7.65. The molecule has 0 bridgehead atoms. The lowest BCUT2D eigenvalue weighted by Crippen LogP contribution is -2.45. The molecule has 3 aromatic rings. The van der Waals surface area contributed by atoms with E-state index in [1.807, 2.05) is 54.4 Å². The predicted molar refractivity (Wildman–Crippen MR) is 151 cm³/mol. The third-order valence-corrected chi connectivity index (χ3v) is 7.84. The normalized spacial score (nSPS) is 20.0. The van der Waals surface area contributed by atoms with E-state index in [9.17, 15) is 9.59 Å². The van der Waals surface area contributed by atoms with Gasteiger partial charge in [-0.05, 0) is 61.7 Å². The minimum atomic E-state index is -0.282. The Hall–Kier alpha value is -3.96. The number of ether oxygens (including phenoxy) is 2. The van der Waals surface area contributed by atoms with E-state index in [2.05, 4.69) is 21.4 Å². The van der Waals surface area contributed by atoms with Crippen molar-refractivity contribution in [2.45, 2.75) is 25.8 Å². The number of fused-ring (bicyclic) bond motifs is 1. The summed E-state index contributed by atoms with van der Waals surface area (Å²) in [6.45, 7) is 8.26. The summed E-state index contributed by atoms with van der Waals surface area (Å²) in [5.41, 5.74) is 4.36. The largest absolute Gasteiger partial charge is 0.450 e. The number of hydrogen-bond acceptors (Lipinski definition) is 8. The molecule has 2 aromatic heterocycles. The summed E-state index contributed by atoms with van der Waals surface area (Å²) in [6.07, 6.45) is 5.36. The number of rotatable bonds is 6. The van der Waals surface area contributed by atoms with Crippen molar-refractivity contribution >= 4 is 34.9 Å². The molecule has 0 spiro atoms. The van der Waals surface area contributed by atoms with Gasteiger partial charge in [-0.3, -0.25) is 9.69 Å². The number of nitrogens with one attached hydrogen (secondary N) is 1. The van der Waals surface area contributed by atoms with Crippen LogP contribution in [0.1, 0.15) is 35.7 Å². The van der Waals surface area contributed by atoms with E-state index in [1.165, 1.54) is 0 Å². The van der Waals surface area contributed by atoms with Crippen LogP contribution in [-0.4, -0.2) is 106 Å². The van der Waals surface area contributed by atoms with Crippen molar-refractivity contribution < 1.29 is 19.1 Å². The van der Waals surface area contributed by atoms with Crippen LogP contribution in [0.25, 0.3) is 11.2 Å². The maximum Gasteiger partial charge on any atom is 0.410 e. The van der Waals surface area contributed by atoms with Crippen LogP contribution in [-0.2, 0) is 9.47 Å². The van der Waals surface area contributed by atoms with Gasteiger partial charge in [0.15, 0.2) is 5.65 Å². The fourth-order valence-electron chi connectivity index (χ4n) is 5.68. The highest BCUT2D eigenvalue weighted by Gasteiger charge is 2.31. The molecule has 5 heterocycles. The van der Waals surface area contributed by atoms with E-state index in [0.29, 0.717) is 43.7 Å². The van der Waals surface area contributed by atoms with Gasteiger partial charge < -0.3 is 24.6 Å². The number of morpholine rings is 1. The van der Waals surface area contributed by atoms with E-state index in [1.54, 1.807) is 9.42 Å². The molecule has 0 radical (unpaired) electrons. The molecule has 3 aliphatic heterocycles. The van der Waals surface area contributed by atoms with Gasteiger partial charge in [0.2, 0.25) is 5.95 Å². The number of aromatic nitrogens is 3. The molecule has 1 N–H and O–H groups in total. The Bertz CT molecular complexity index is 1400. The van der Waals surface area contributed by atoms with E-state index in [4.69, 9.17) is 14.5 Å². The van der Waals surface area contributed by atoms with Gasteiger partial charge in [-0.2, -0.15) is 4.98 Å². The number of carbonyl (C=O) groups excluding carboxylic acids is 2. The molecule has 11 heteroatoms. The first kappa shape index (κ1) is 26.3. The lowest BCUT2D eigenvalue weighted by atomic mass is 10.0. The molecule has 2 fully saturated rings. The van der Waals surface area contributed by atoms with Crippen LogP contribution >= 0.6 is 0 Å². The molecule has 11 nitrogen and oxygen atoms in total. The highest BCUT2D eigenvalue weighted by molar-refractivity contribution is 5.94. The fraction of sp³-hybridized carbons (Fsp3) is 0.448. The van der Waals surface area contributed by atoms with Crippen molar-refractivity contribution in [2.75, 3.05) is 64.4 Å². The molecule has 1 unspecified atom stereocenters. The van der Waals surface area contributed by atoms with Crippen LogP contribution in [0, 0.1) is 0 Å². The zero-order valence-corrected chi connectivity index (χ0v) is 22.8. The first-order valence-electron chi connectivity index (χ1n) is 14.0. The number of nitrogens with zero attached hydrogens (tertiary/aromatic N) is 6.